The molecule has 0 aliphatic carbocycles. The second kappa shape index (κ2) is 11.5. The first-order valence-electron chi connectivity index (χ1n) is 10.0. The standard InChI is InChI=1S/C24H29NO5S/c1-5-14-24(22(27)30-6-2,25-23(28)29-4)15-13-18-9-12-20(16-21(18)26)31-19-10-7-17(3)8-11-19/h5,7-12,16,26H,1,6,13-15H2,2-4H3,(H,25,28). The number of benzene rings is 2. The molecular weight excluding hydrogens is 414 g/mol. The minimum absolute atomic E-state index is 0.131. The van der Waals surface area contributed by atoms with Crippen LogP contribution in [0.5, 0.6) is 5.75 Å². The molecule has 0 spiro atoms. The molecule has 2 aromatic rings. The zero-order valence-corrected chi connectivity index (χ0v) is 19.0. The number of aromatic hydroxyl groups is 1. The van der Waals surface area contributed by atoms with Crippen molar-refractivity contribution in [2.24, 2.45) is 0 Å². The quantitative estimate of drug-likeness (QED) is 0.396. The van der Waals surface area contributed by atoms with Gasteiger partial charge in [-0.15, -0.1) is 6.58 Å². The van der Waals surface area contributed by atoms with E-state index in [0.29, 0.717) is 12.0 Å². The summed E-state index contributed by atoms with van der Waals surface area (Å²) in [5.41, 5.74) is 0.525. The summed E-state index contributed by atoms with van der Waals surface area (Å²) < 4.78 is 9.89. The number of hydrogen-bond acceptors (Lipinski definition) is 6. The van der Waals surface area contributed by atoms with Gasteiger partial charge < -0.3 is 19.9 Å². The van der Waals surface area contributed by atoms with E-state index in [1.807, 2.05) is 43.3 Å². The largest absolute Gasteiger partial charge is 0.508 e. The lowest BCUT2D eigenvalue weighted by Crippen LogP contribution is -2.55. The summed E-state index contributed by atoms with van der Waals surface area (Å²) in [6.07, 6.45) is 1.55. The first kappa shape index (κ1) is 24.3. The third kappa shape index (κ3) is 6.79. The summed E-state index contributed by atoms with van der Waals surface area (Å²) in [4.78, 5) is 26.6. The number of carbonyl (C=O) groups excluding carboxylic acids is 2. The Morgan fingerprint density at radius 2 is 1.87 bits per heavy atom. The molecule has 0 saturated carbocycles. The number of amides is 1. The highest BCUT2D eigenvalue weighted by atomic mass is 32.2. The summed E-state index contributed by atoms with van der Waals surface area (Å²) in [5, 5.41) is 13.2. The van der Waals surface area contributed by atoms with E-state index in [1.54, 1.807) is 30.8 Å². The molecule has 0 bridgehead atoms. The Labute approximate surface area is 187 Å². The number of hydrogen-bond donors (Lipinski definition) is 2. The number of ether oxygens (including phenoxy) is 2. The molecule has 0 aliphatic rings. The lowest BCUT2D eigenvalue weighted by Gasteiger charge is -2.31. The molecule has 2 aromatic carbocycles. The van der Waals surface area contributed by atoms with E-state index in [4.69, 9.17) is 9.47 Å². The summed E-state index contributed by atoms with van der Waals surface area (Å²) >= 11 is 1.55. The normalized spacial score (nSPS) is 12.5. The molecule has 2 rings (SSSR count). The fraction of sp³-hybridized carbons (Fsp3) is 0.333. The highest BCUT2D eigenvalue weighted by Gasteiger charge is 2.40. The molecule has 166 valence electrons. The molecule has 0 saturated heterocycles. The summed E-state index contributed by atoms with van der Waals surface area (Å²) in [6, 6.07) is 13.6. The molecular formula is C24H29NO5S. The zero-order chi connectivity index (χ0) is 22.9. The van der Waals surface area contributed by atoms with Crippen LogP contribution in [0.15, 0.2) is 64.9 Å². The highest BCUT2D eigenvalue weighted by Crippen LogP contribution is 2.33. The van der Waals surface area contributed by atoms with Crippen LogP contribution in [-0.2, 0) is 20.7 Å². The number of esters is 1. The average Bonchev–Trinajstić information content (AvgIpc) is 2.74. The van der Waals surface area contributed by atoms with Crippen molar-refractivity contribution in [1.82, 2.24) is 5.32 Å². The van der Waals surface area contributed by atoms with Crippen LogP contribution >= 0.6 is 11.8 Å². The smallest absolute Gasteiger partial charge is 0.407 e. The van der Waals surface area contributed by atoms with Crippen LogP contribution in [0.3, 0.4) is 0 Å². The second-order valence-corrected chi connectivity index (χ2v) is 8.26. The minimum Gasteiger partial charge on any atom is -0.508 e. The third-order valence-electron chi connectivity index (χ3n) is 4.82. The maximum absolute atomic E-state index is 12.7. The molecule has 0 aromatic heterocycles. The van der Waals surface area contributed by atoms with Gasteiger partial charge in [-0.2, -0.15) is 0 Å². The van der Waals surface area contributed by atoms with Gasteiger partial charge in [0.2, 0.25) is 0 Å². The molecule has 0 heterocycles. The van der Waals surface area contributed by atoms with Gasteiger partial charge in [0.1, 0.15) is 11.3 Å². The van der Waals surface area contributed by atoms with Crippen LogP contribution in [0, 0.1) is 6.92 Å². The molecule has 0 fully saturated rings. The first-order chi connectivity index (χ1) is 14.8. The highest BCUT2D eigenvalue weighted by molar-refractivity contribution is 7.99. The van der Waals surface area contributed by atoms with Crippen LogP contribution in [-0.4, -0.2) is 36.4 Å². The van der Waals surface area contributed by atoms with Gasteiger partial charge in [-0.25, -0.2) is 9.59 Å². The average molecular weight is 444 g/mol. The van der Waals surface area contributed by atoms with E-state index in [9.17, 15) is 14.7 Å². The third-order valence-corrected chi connectivity index (χ3v) is 5.82. The first-order valence-corrected chi connectivity index (χ1v) is 10.9. The van der Waals surface area contributed by atoms with Crippen LogP contribution in [0.25, 0.3) is 0 Å². The lowest BCUT2D eigenvalue weighted by molar-refractivity contribution is -0.151. The fourth-order valence-electron chi connectivity index (χ4n) is 3.12. The fourth-order valence-corrected chi connectivity index (χ4v) is 3.97. The molecule has 1 atom stereocenters. The molecule has 1 amide bonds. The summed E-state index contributed by atoms with van der Waals surface area (Å²) in [5.74, 6) is -0.433. The van der Waals surface area contributed by atoms with Crippen molar-refractivity contribution < 1.29 is 24.2 Å². The van der Waals surface area contributed by atoms with Crippen LogP contribution in [0.4, 0.5) is 4.79 Å². The van der Waals surface area contributed by atoms with Gasteiger partial charge in [0.05, 0.1) is 13.7 Å². The molecule has 7 heteroatoms. The Morgan fingerprint density at radius 1 is 1.19 bits per heavy atom. The number of phenols is 1. The van der Waals surface area contributed by atoms with E-state index in [-0.39, 0.29) is 25.2 Å². The van der Waals surface area contributed by atoms with Crippen LogP contribution < -0.4 is 5.32 Å². The van der Waals surface area contributed by atoms with Gasteiger partial charge in [-0.3, -0.25) is 0 Å². The maximum atomic E-state index is 12.7. The van der Waals surface area contributed by atoms with Crippen molar-refractivity contribution in [1.29, 1.82) is 0 Å². The predicted octanol–water partition coefficient (Wildman–Crippen LogP) is 5.02. The van der Waals surface area contributed by atoms with Crippen molar-refractivity contribution >= 4 is 23.8 Å². The van der Waals surface area contributed by atoms with Crippen molar-refractivity contribution in [2.75, 3.05) is 13.7 Å². The Balaban J connectivity index is 2.19. The number of nitrogens with one attached hydrogen (secondary N) is 1. The Kier molecular flexibility index (Phi) is 9.00. The molecule has 31 heavy (non-hydrogen) atoms. The van der Waals surface area contributed by atoms with Gasteiger partial charge in [0.15, 0.2) is 0 Å². The number of methoxy groups -OCH3 is 1. The number of rotatable bonds is 10. The lowest BCUT2D eigenvalue weighted by atomic mass is 9.87. The predicted molar refractivity (Wildman–Crippen MR) is 121 cm³/mol. The van der Waals surface area contributed by atoms with Crippen LogP contribution in [0.2, 0.25) is 0 Å². The molecule has 2 N–H and O–H groups in total. The Bertz CT molecular complexity index is 913. The van der Waals surface area contributed by atoms with Crippen molar-refractivity contribution in [3.05, 3.63) is 66.2 Å². The van der Waals surface area contributed by atoms with Gasteiger partial charge in [0.25, 0.3) is 0 Å². The van der Waals surface area contributed by atoms with E-state index in [0.717, 1.165) is 9.79 Å². The number of alkyl carbamates (subject to hydrolysis) is 1. The SMILES string of the molecule is C=CCC(CCc1ccc(Sc2ccc(C)cc2)cc1O)(NC(=O)OC)C(=O)OCC. The number of carbonyl (C=O) groups is 2. The molecule has 6 nitrogen and oxygen atoms in total. The van der Waals surface area contributed by atoms with Crippen molar-refractivity contribution in [2.45, 2.75) is 48.4 Å². The van der Waals surface area contributed by atoms with Gasteiger partial charge in [-0.05, 0) is 62.9 Å². The van der Waals surface area contributed by atoms with E-state index in [1.165, 1.54) is 12.7 Å². The van der Waals surface area contributed by atoms with Crippen molar-refractivity contribution in [3.8, 4) is 5.75 Å². The molecule has 0 radical (unpaired) electrons. The maximum Gasteiger partial charge on any atom is 0.407 e. The summed E-state index contributed by atoms with van der Waals surface area (Å²) in [6.45, 7) is 7.61. The summed E-state index contributed by atoms with van der Waals surface area (Å²) in [7, 11) is 1.23. The van der Waals surface area contributed by atoms with E-state index < -0.39 is 17.6 Å². The van der Waals surface area contributed by atoms with Gasteiger partial charge in [0, 0.05) is 9.79 Å². The second-order valence-electron chi connectivity index (χ2n) is 7.12. The zero-order valence-electron chi connectivity index (χ0n) is 18.1. The van der Waals surface area contributed by atoms with Gasteiger partial charge >= 0.3 is 12.1 Å². The van der Waals surface area contributed by atoms with Crippen LogP contribution in [0.1, 0.15) is 30.9 Å². The number of phenolic OH excluding ortho intramolecular Hbond substituents is 1. The Morgan fingerprint density at radius 3 is 2.45 bits per heavy atom. The molecule has 0 aliphatic heterocycles. The molecule has 1 unspecified atom stereocenters. The minimum atomic E-state index is -1.33. The van der Waals surface area contributed by atoms with E-state index >= 15 is 0 Å². The number of aryl methyl sites for hydroxylation is 2. The van der Waals surface area contributed by atoms with Gasteiger partial charge in [-0.1, -0.05) is 41.6 Å². The monoisotopic (exact) mass is 443 g/mol. The van der Waals surface area contributed by atoms with E-state index in [2.05, 4.69) is 11.9 Å². The van der Waals surface area contributed by atoms with Crippen molar-refractivity contribution in [3.63, 3.8) is 0 Å². The Hall–Kier alpha value is -2.93. The topological polar surface area (TPSA) is 84.9 Å².